The van der Waals surface area contributed by atoms with Crippen molar-refractivity contribution in [1.29, 1.82) is 0 Å². The van der Waals surface area contributed by atoms with Gasteiger partial charge in [0.25, 0.3) is 5.56 Å². The Bertz CT molecular complexity index is 569. The maximum absolute atomic E-state index is 13.2. The molecule has 0 aliphatic heterocycles. The molecule has 1 aromatic heterocycles. The van der Waals surface area contributed by atoms with Crippen LogP contribution in [0.3, 0.4) is 0 Å². The molecule has 0 atom stereocenters. The third-order valence-corrected chi connectivity index (χ3v) is 1.76. The average Bonchev–Trinajstić information content (AvgIpc) is 2.22. The van der Waals surface area contributed by atoms with Crippen LogP contribution in [0.5, 0.6) is 11.5 Å². The van der Waals surface area contributed by atoms with Crippen LogP contribution in [-0.2, 0) is 0 Å². The molecule has 6 heteroatoms. The SMILES string of the molecule is O=c1cc(Oc2ccc(F)cc2F)cn[nH]1. The first-order valence-corrected chi connectivity index (χ1v) is 4.33. The second-order valence-electron chi connectivity index (χ2n) is 2.96. The number of nitrogens with one attached hydrogen (secondary N) is 1. The lowest BCUT2D eigenvalue weighted by Crippen LogP contribution is -2.05. The quantitative estimate of drug-likeness (QED) is 0.846. The summed E-state index contributed by atoms with van der Waals surface area (Å²) in [4.78, 5) is 10.9. The van der Waals surface area contributed by atoms with Gasteiger partial charge in [-0.05, 0) is 12.1 Å². The Morgan fingerprint density at radius 2 is 2.06 bits per heavy atom. The van der Waals surface area contributed by atoms with Gasteiger partial charge in [-0.1, -0.05) is 0 Å². The van der Waals surface area contributed by atoms with E-state index >= 15 is 0 Å². The summed E-state index contributed by atoms with van der Waals surface area (Å²) in [6.45, 7) is 0. The first-order valence-electron chi connectivity index (χ1n) is 4.33. The second-order valence-corrected chi connectivity index (χ2v) is 2.96. The summed E-state index contributed by atoms with van der Waals surface area (Å²) in [5, 5.41) is 5.61. The van der Waals surface area contributed by atoms with Crippen LogP contribution < -0.4 is 10.3 Å². The standard InChI is InChI=1S/C10H6F2N2O2/c11-6-1-2-9(8(12)3-6)16-7-4-10(15)14-13-5-7/h1-5H,(H,14,15). The average molecular weight is 224 g/mol. The largest absolute Gasteiger partial charge is 0.452 e. The molecule has 2 rings (SSSR count). The van der Waals surface area contributed by atoms with Crippen LogP contribution in [0.4, 0.5) is 8.78 Å². The van der Waals surface area contributed by atoms with E-state index in [0.717, 1.165) is 18.2 Å². The molecule has 0 saturated carbocycles. The van der Waals surface area contributed by atoms with Crippen molar-refractivity contribution in [3.05, 3.63) is 52.5 Å². The molecule has 0 saturated heterocycles. The molecule has 16 heavy (non-hydrogen) atoms. The van der Waals surface area contributed by atoms with E-state index in [1.54, 1.807) is 0 Å². The fourth-order valence-corrected chi connectivity index (χ4v) is 1.10. The number of nitrogens with zero attached hydrogens (tertiary/aromatic N) is 1. The Morgan fingerprint density at radius 1 is 1.25 bits per heavy atom. The molecular formula is C10H6F2N2O2. The highest BCUT2D eigenvalue weighted by Crippen LogP contribution is 2.23. The summed E-state index contributed by atoms with van der Waals surface area (Å²) >= 11 is 0. The Labute approximate surface area is 88.5 Å². The van der Waals surface area contributed by atoms with Gasteiger partial charge in [0.1, 0.15) is 5.82 Å². The molecule has 0 spiro atoms. The number of aromatic amines is 1. The molecule has 0 radical (unpaired) electrons. The molecule has 0 aliphatic carbocycles. The monoisotopic (exact) mass is 224 g/mol. The number of halogens is 2. The Kier molecular flexibility index (Phi) is 2.63. The lowest BCUT2D eigenvalue weighted by Gasteiger charge is -2.05. The number of hydrogen-bond donors (Lipinski definition) is 1. The van der Waals surface area contributed by atoms with Gasteiger partial charge in [0.2, 0.25) is 0 Å². The van der Waals surface area contributed by atoms with Crippen LogP contribution in [0.2, 0.25) is 0 Å². The maximum Gasteiger partial charge on any atom is 0.267 e. The molecule has 1 aromatic carbocycles. The van der Waals surface area contributed by atoms with Crippen LogP contribution in [0.1, 0.15) is 0 Å². The minimum absolute atomic E-state index is 0.0780. The zero-order chi connectivity index (χ0) is 11.5. The molecule has 0 amide bonds. The van der Waals surface area contributed by atoms with E-state index in [1.165, 1.54) is 6.20 Å². The highest BCUT2D eigenvalue weighted by molar-refractivity contribution is 5.30. The Hall–Kier alpha value is -2.24. The minimum Gasteiger partial charge on any atom is -0.452 e. The summed E-state index contributed by atoms with van der Waals surface area (Å²) in [6.07, 6.45) is 1.21. The molecule has 0 bridgehead atoms. The topological polar surface area (TPSA) is 55.0 Å². The zero-order valence-electron chi connectivity index (χ0n) is 7.91. The molecule has 0 aliphatic rings. The summed E-state index contributed by atoms with van der Waals surface area (Å²) in [7, 11) is 0. The van der Waals surface area contributed by atoms with E-state index in [-0.39, 0.29) is 11.5 Å². The van der Waals surface area contributed by atoms with Gasteiger partial charge in [-0.2, -0.15) is 5.10 Å². The molecule has 1 heterocycles. The number of benzene rings is 1. The molecule has 0 unspecified atom stereocenters. The summed E-state index contributed by atoms with van der Waals surface area (Å²) < 4.78 is 30.8. The maximum atomic E-state index is 13.2. The predicted octanol–water partition coefficient (Wildman–Crippen LogP) is 1.84. The van der Waals surface area contributed by atoms with E-state index < -0.39 is 17.2 Å². The van der Waals surface area contributed by atoms with Crippen molar-refractivity contribution in [2.24, 2.45) is 0 Å². The summed E-state index contributed by atoms with van der Waals surface area (Å²) in [5.74, 6) is -1.64. The van der Waals surface area contributed by atoms with E-state index in [9.17, 15) is 13.6 Å². The van der Waals surface area contributed by atoms with E-state index in [0.29, 0.717) is 6.07 Å². The van der Waals surface area contributed by atoms with Crippen molar-refractivity contribution < 1.29 is 13.5 Å². The first kappa shape index (κ1) is 10.3. The Morgan fingerprint density at radius 3 is 2.75 bits per heavy atom. The molecule has 0 fully saturated rings. The van der Waals surface area contributed by atoms with Crippen molar-refractivity contribution in [2.75, 3.05) is 0 Å². The van der Waals surface area contributed by atoms with Crippen LogP contribution in [-0.4, -0.2) is 10.2 Å². The number of aromatic nitrogens is 2. The fourth-order valence-electron chi connectivity index (χ4n) is 1.10. The highest BCUT2D eigenvalue weighted by atomic mass is 19.1. The van der Waals surface area contributed by atoms with Crippen LogP contribution in [0, 0.1) is 11.6 Å². The zero-order valence-corrected chi connectivity index (χ0v) is 7.91. The Balaban J connectivity index is 2.30. The predicted molar refractivity (Wildman–Crippen MR) is 51.3 cm³/mol. The van der Waals surface area contributed by atoms with Gasteiger partial charge >= 0.3 is 0 Å². The molecule has 1 N–H and O–H groups in total. The minimum atomic E-state index is -0.847. The van der Waals surface area contributed by atoms with E-state index in [4.69, 9.17) is 4.74 Å². The number of rotatable bonds is 2. The van der Waals surface area contributed by atoms with Gasteiger partial charge in [-0.15, -0.1) is 0 Å². The van der Waals surface area contributed by atoms with Crippen LogP contribution in [0.15, 0.2) is 35.3 Å². The van der Waals surface area contributed by atoms with Crippen molar-refractivity contribution >= 4 is 0 Å². The third kappa shape index (κ3) is 2.22. The lowest BCUT2D eigenvalue weighted by molar-refractivity contribution is 0.434. The van der Waals surface area contributed by atoms with E-state index in [1.807, 2.05) is 0 Å². The molecular weight excluding hydrogens is 218 g/mol. The van der Waals surface area contributed by atoms with Crippen molar-refractivity contribution in [2.45, 2.75) is 0 Å². The fraction of sp³-hybridized carbons (Fsp3) is 0. The van der Waals surface area contributed by atoms with Crippen molar-refractivity contribution in [3.8, 4) is 11.5 Å². The highest BCUT2D eigenvalue weighted by Gasteiger charge is 2.06. The summed E-state index contributed by atoms with van der Waals surface area (Å²) in [6, 6.07) is 3.98. The normalized spacial score (nSPS) is 10.1. The number of ether oxygens (including phenoxy) is 1. The van der Waals surface area contributed by atoms with Gasteiger partial charge in [0.05, 0.1) is 6.20 Å². The summed E-state index contributed by atoms with van der Waals surface area (Å²) in [5.41, 5.74) is -0.472. The smallest absolute Gasteiger partial charge is 0.267 e. The van der Waals surface area contributed by atoms with Gasteiger partial charge in [-0.25, -0.2) is 13.9 Å². The first-order chi connectivity index (χ1) is 7.65. The second kappa shape index (κ2) is 4.09. The molecule has 4 nitrogen and oxygen atoms in total. The molecule has 2 aromatic rings. The van der Waals surface area contributed by atoms with Gasteiger partial charge in [0, 0.05) is 12.1 Å². The lowest BCUT2D eigenvalue weighted by atomic mass is 10.3. The van der Waals surface area contributed by atoms with Crippen LogP contribution >= 0.6 is 0 Å². The third-order valence-electron chi connectivity index (χ3n) is 1.76. The van der Waals surface area contributed by atoms with E-state index in [2.05, 4.69) is 10.2 Å². The van der Waals surface area contributed by atoms with Gasteiger partial charge in [-0.3, -0.25) is 4.79 Å². The number of hydrogen-bond acceptors (Lipinski definition) is 3. The number of H-pyrrole nitrogens is 1. The van der Waals surface area contributed by atoms with Crippen LogP contribution in [0.25, 0.3) is 0 Å². The van der Waals surface area contributed by atoms with Gasteiger partial charge < -0.3 is 4.74 Å². The van der Waals surface area contributed by atoms with Crippen molar-refractivity contribution in [3.63, 3.8) is 0 Å². The van der Waals surface area contributed by atoms with Gasteiger partial charge in [0.15, 0.2) is 17.3 Å². The van der Waals surface area contributed by atoms with Crippen molar-refractivity contribution in [1.82, 2.24) is 10.2 Å². The molecule has 82 valence electrons.